The third kappa shape index (κ3) is 3.42. The number of hydrogen-bond acceptors (Lipinski definition) is 8. The number of fused-ring (bicyclic) bond motifs is 2. The maximum atomic E-state index is 14.1. The topological polar surface area (TPSA) is 122 Å². The van der Waals surface area contributed by atoms with E-state index in [1.54, 1.807) is 18.0 Å². The molecule has 4 heterocycles. The number of anilines is 3. The second-order valence-corrected chi connectivity index (χ2v) is 8.42. The molecule has 0 bridgehead atoms. The Morgan fingerprint density at radius 1 is 1.18 bits per heavy atom. The van der Waals surface area contributed by atoms with Crippen molar-refractivity contribution in [1.82, 2.24) is 24.8 Å². The molecule has 2 aliphatic heterocycles. The van der Waals surface area contributed by atoms with Crippen molar-refractivity contribution in [1.29, 1.82) is 0 Å². The summed E-state index contributed by atoms with van der Waals surface area (Å²) in [7, 11) is 1.72. The van der Waals surface area contributed by atoms with Gasteiger partial charge in [0.25, 0.3) is 5.91 Å². The van der Waals surface area contributed by atoms with Crippen LogP contribution in [0.1, 0.15) is 23.3 Å². The number of β-lactam (4-membered cyclic amide) rings is 1. The molecule has 1 saturated heterocycles. The molecule has 2 amide bonds. The predicted octanol–water partition coefficient (Wildman–Crippen LogP) is 1.53. The van der Waals surface area contributed by atoms with Gasteiger partial charge in [-0.2, -0.15) is 0 Å². The largest absolute Gasteiger partial charge is 0.486 e. The number of likely N-dealkylation sites (tertiary alicyclic amines) is 1. The lowest BCUT2D eigenvalue weighted by Gasteiger charge is -2.38. The number of nitrogens with zero attached hydrogens (tertiary/aromatic N) is 4. The number of imidazole rings is 1. The highest BCUT2D eigenvalue weighted by Crippen LogP contribution is 2.40. The van der Waals surface area contributed by atoms with Crippen LogP contribution in [0.25, 0.3) is 5.65 Å². The molecule has 34 heavy (non-hydrogen) atoms. The molecule has 1 aromatic carbocycles. The summed E-state index contributed by atoms with van der Waals surface area (Å²) in [5.74, 6) is 0.00628. The molecule has 2 fully saturated rings. The lowest BCUT2D eigenvalue weighted by molar-refractivity contribution is -0.144. The monoisotopic (exact) mass is 467 g/mol. The van der Waals surface area contributed by atoms with Crippen LogP contribution in [0.4, 0.5) is 21.6 Å². The van der Waals surface area contributed by atoms with Gasteiger partial charge in [0.05, 0.1) is 24.1 Å². The summed E-state index contributed by atoms with van der Waals surface area (Å²) < 4.78 is 26.7. The van der Waals surface area contributed by atoms with Crippen molar-refractivity contribution in [3.05, 3.63) is 35.9 Å². The zero-order valence-corrected chi connectivity index (χ0v) is 18.3. The standard InChI is InChI=1S/C22H22FN7O4/c1-24-14-8-18(26-13-6-11(23)7-17-19(13)34-5-4-33-17)28-30-16(9-25-20(14)30)21(31)27-15-10-29(22(15)32)12-2-3-12/h6-9,12,15,24H,2-5,10H2,1H3,(H,26,28)(H,27,31)/t15-/m1/s1. The lowest BCUT2D eigenvalue weighted by Crippen LogP contribution is -2.64. The summed E-state index contributed by atoms with van der Waals surface area (Å²) in [4.78, 5) is 31.4. The normalized spacial score (nSPS) is 19.1. The molecule has 12 heteroatoms. The van der Waals surface area contributed by atoms with Crippen LogP contribution >= 0.6 is 0 Å². The number of carbonyl (C=O) groups excluding carboxylic acids is 2. The number of nitrogens with one attached hydrogen (secondary N) is 3. The predicted molar refractivity (Wildman–Crippen MR) is 119 cm³/mol. The summed E-state index contributed by atoms with van der Waals surface area (Å²) in [5, 5.41) is 13.3. The van der Waals surface area contributed by atoms with E-state index in [-0.39, 0.29) is 11.6 Å². The molecular weight excluding hydrogens is 445 g/mol. The molecule has 176 valence electrons. The number of amides is 2. The van der Waals surface area contributed by atoms with Gasteiger partial charge in [0.1, 0.15) is 25.1 Å². The maximum absolute atomic E-state index is 14.1. The Bertz CT molecular complexity index is 1320. The summed E-state index contributed by atoms with van der Waals surface area (Å²) in [5.41, 5.74) is 1.54. The van der Waals surface area contributed by atoms with Gasteiger partial charge in [-0.1, -0.05) is 0 Å². The number of carbonyl (C=O) groups is 2. The molecule has 0 unspecified atom stereocenters. The molecule has 1 saturated carbocycles. The van der Waals surface area contributed by atoms with Crippen molar-refractivity contribution >= 4 is 34.7 Å². The first-order valence-corrected chi connectivity index (χ1v) is 11.1. The van der Waals surface area contributed by atoms with Crippen LogP contribution in [0.3, 0.4) is 0 Å². The van der Waals surface area contributed by atoms with Crippen LogP contribution < -0.4 is 25.4 Å². The highest BCUT2D eigenvalue weighted by molar-refractivity contribution is 5.99. The number of ether oxygens (including phenoxy) is 2. The third-order valence-corrected chi connectivity index (χ3v) is 6.09. The van der Waals surface area contributed by atoms with Crippen molar-refractivity contribution in [3.63, 3.8) is 0 Å². The second-order valence-electron chi connectivity index (χ2n) is 8.42. The van der Waals surface area contributed by atoms with E-state index in [0.29, 0.717) is 60.1 Å². The van der Waals surface area contributed by atoms with Crippen LogP contribution in [-0.4, -0.2) is 70.2 Å². The Morgan fingerprint density at radius 3 is 2.76 bits per heavy atom. The van der Waals surface area contributed by atoms with Crippen LogP contribution in [0.15, 0.2) is 24.4 Å². The summed E-state index contributed by atoms with van der Waals surface area (Å²) in [6, 6.07) is 4.02. The first kappa shape index (κ1) is 20.5. The summed E-state index contributed by atoms with van der Waals surface area (Å²) in [6.07, 6.45) is 3.46. The first-order valence-electron chi connectivity index (χ1n) is 11.1. The highest BCUT2D eigenvalue weighted by Gasteiger charge is 2.45. The first-order chi connectivity index (χ1) is 16.5. The Kier molecular flexibility index (Phi) is 4.67. The van der Waals surface area contributed by atoms with Crippen molar-refractivity contribution in [2.45, 2.75) is 24.9 Å². The van der Waals surface area contributed by atoms with Crippen molar-refractivity contribution in [3.8, 4) is 11.5 Å². The Balaban J connectivity index is 1.30. The van der Waals surface area contributed by atoms with E-state index in [0.717, 1.165) is 12.8 Å². The van der Waals surface area contributed by atoms with E-state index < -0.39 is 17.8 Å². The van der Waals surface area contributed by atoms with Crippen LogP contribution in [0.5, 0.6) is 11.5 Å². The van der Waals surface area contributed by atoms with E-state index in [4.69, 9.17) is 9.47 Å². The fourth-order valence-corrected chi connectivity index (χ4v) is 4.23. The number of hydrogen-bond donors (Lipinski definition) is 3. The minimum Gasteiger partial charge on any atom is -0.486 e. The maximum Gasteiger partial charge on any atom is 0.272 e. The molecule has 11 nitrogen and oxygen atoms in total. The SMILES string of the molecule is CNc1cc(Nc2cc(F)cc3c2OCCO3)nn2c(C(=O)N[C@@H]3CN(C4CC4)C3=O)cnc12. The quantitative estimate of drug-likeness (QED) is 0.467. The molecule has 1 atom stereocenters. The van der Waals surface area contributed by atoms with Crippen LogP contribution in [0.2, 0.25) is 0 Å². The van der Waals surface area contributed by atoms with Gasteiger partial charge in [-0.05, 0) is 12.8 Å². The van der Waals surface area contributed by atoms with Gasteiger partial charge in [-0.3, -0.25) is 9.59 Å². The highest BCUT2D eigenvalue weighted by atomic mass is 19.1. The molecule has 3 aromatic rings. The zero-order valence-electron chi connectivity index (χ0n) is 18.3. The lowest BCUT2D eigenvalue weighted by atomic mass is 10.1. The number of benzene rings is 1. The minimum absolute atomic E-state index is 0.0611. The summed E-state index contributed by atoms with van der Waals surface area (Å²) in [6.45, 7) is 1.19. The van der Waals surface area contributed by atoms with Gasteiger partial charge in [0, 0.05) is 31.3 Å². The minimum atomic E-state index is -0.542. The van der Waals surface area contributed by atoms with E-state index in [1.165, 1.54) is 22.8 Å². The average Bonchev–Trinajstić information content (AvgIpc) is 3.57. The zero-order chi connectivity index (χ0) is 23.4. The molecule has 0 radical (unpaired) electrons. The Hall–Kier alpha value is -4.09. The number of halogens is 1. The van der Waals surface area contributed by atoms with Crippen molar-refractivity contribution in [2.24, 2.45) is 0 Å². The fourth-order valence-electron chi connectivity index (χ4n) is 4.23. The fraction of sp³-hybridized carbons (Fsp3) is 0.364. The molecular formula is C22H22FN7O4. The van der Waals surface area contributed by atoms with Crippen LogP contribution in [0, 0.1) is 5.82 Å². The van der Waals surface area contributed by atoms with E-state index in [1.807, 2.05) is 0 Å². The molecule has 3 N–H and O–H groups in total. The number of rotatable bonds is 6. The smallest absolute Gasteiger partial charge is 0.272 e. The van der Waals surface area contributed by atoms with Gasteiger partial charge < -0.3 is 30.3 Å². The molecule has 6 rings (SSSR count). The van der Waals surface area contributed by atoms with Gasteiger partial charge in [0.2, 0.25) is 5.91 Å². The average molecular weight is 467 g/mol. The molecule has 0 spiro atoms. The van der Waals surface area contributed by atoms with Gasteiger partial charge in [0.15, 0.2) is 28.7 Å². The Morgan fingerprint density at radius 2 is 2.00 bits per heavy atom. The third-order valence-electron chi connectivity index (χ3n) is 6.09. The molecule has 3 aliphatic rings. The van der Waals surface area contributed by atoms with Gasteiger partial charge in [-0.25, -0.2) is 13.9 Å². The van der Waals surface area contributed by atoms with E-state index >= 15 is 0 Å². The molecule has 2 aromatic heterocycles. The second kappa shape index (κ2) is 7.75. The Labute approximate surface area is 193 Å². The number of aromatic nitrogens is 3. The van der Waals surface area contributed by atoms with Crippen molar-refractivity contribution in [2.75, 3.05) is 37.4 Å². The summed E-state index contributed by atoms with van der Waals surface area (Å²) >= 11 is 0. The molecule has 1 aliphatic carbocycles. The van der Waals surface area contributed by atoms with E-state index in [2.05, 4.69) is 26.0 Å². The van der Waals surface area contributed by atoms with E-state index in [9.17, 15) is 14.0 Å². The van der Waals surface area contributed by atoms with Crippen LogP contribution in [-0.2, 0) is 4.79 Å². The van der Waals surface area contributed by atoms with Gasteiger partial charge in [-0.15, -0.1) is 5.10 Å². The van der Waals surface area contributed by atoms with Gasteiger partial charge >= 0.3 is 0 Å². The van der Waals surface area contributed by atoms with Crippen molar-refractivity contribution < 1.29 is 23.5 Å².